The van der Waals surface area contributed by atoms with Crippen LogP contribution in [0.15, 0.2) is 46.3 Å². The molecule has 1 aliphatic heterocycles. The van der Waals surface area contributed by atoms with Gasteiger partial charge in [0.15, 0.2) is 10.6 Å². The number of nitrogens with one attached hydrogen (secondary N) is 1. The van der Waals surface area contributed by atoms with E-state index in [1.54, 1.807) is 15.9 Å². The number of nitrogens with zero attached hydrogens (tertiary/aromatic N) is 3. The van der Waals surface area contributed by atoms with Gasteiger partial charge in [0, 0.05) is 11.0 Å². The second kappa shape index (κ2) is 8.28. The van der Waals surface area contributed by atoms with Crippen LogP contribution in [0.4, 0.5) is 0 Å². The van der Waals surface area contributed by atoms with E-state index in [0.717, 1.165) is 14.9 Å². The summed E-state index contributed by atoms with van der Waals surface area (Å²) in [5.74, 6) is 0.708. The zero-order valence-electron chi connectivity index (χ0n) is 15.2. The van der Waals surface area contributed by atoms with E-state index in [-0.39, 0.29) is 12.0 Å². The number of thiophene rings is 1. The molecule has 1 aliphatic rings. The lowest BCUT2D eigenvalue weighted by Gasteiger charge is -2.35. The monoisotopic (exact) mass is 478 g/mol. The van der Waals surface area contributed by atoms with Gasteiger partial charge in [0.1, 0.15) is 12.1 Å². The number of ether oxygens (including phenoxy) is 1. The zero-order valence-corrected chi connectivity index (χ0v) is 18.4. The number of benzene rings is 1. The van der Waals surface area contributed by atoms with Gasteiger partial charge in [-0.3, -0.25) is 14.5 Å². The Labute approximate surface area is 180 Å². The van der Waals surface area contributed by atoms with Gasteiger partial charge >= 0.3 is 0 Å². The van der Waals surface area contributed by atoms with Gasteiger partial charge in [-0.2, -0.15) is 5.10 Å². The minimum atomic E-state index is -0.452. The van der Waals surface area contributed by atoms with Crippen molar-refractivity contribution in [2.45, 2.75) is 19.1 Å². The third-order valence-corrected chi connectivity index (χ3v) is 6.49. The van der Waals surface area contributed by atoms with Crippen LogP contribution in [0.5, 0.6) is 0 Å². The van der Waals surface area contributed by atoms with Gasteiger partial charge in [-0.05, 0) is 48.3 Å². The number of rotatable bonds is 4. The van der Waals surface area contributed by atoms with Crippen LogP contribution in [0.25, 0.3) is 10.7 Å². The molecule has 28 heavy (non-hydrogen) atoms. The minimum Gasteiger partial charge on any atom is -0.370 e. The Morgan fingerprint density at radius 1 is 1.39 bits per heavy atom. The SMILES string of the molecule is CC(C(=O)N1CCOC(c2ccc(Br)cc2)C1)n1c(-c2cccs2)n[nH]c1=S. The molecule has 2 atom stereocenters. The standard InChI is InChI=1S/C19H19BrN4O2S2/c1-12(24-17(21-22-19(24)27)16-3-2-10-28-16)18(25)23-8-9-26-15(11-23)13-4-6-14(20)7-5-13/h2-7,10,12,15H,8-9,11H2,1H3,(H,22,27). The highest BCUT2D eigenvalue weighted by molar-refractivity contribution is 9.10. The maximum Gasteiger partial charge on any atom is 0.245 e. The quantitative estimate of drug-likeness (QED) is 0.556. The summed E-state index contributed by atoms with van der Waals surface area (Å²) in [6.07, 6.45) is -0.132. The van der Waals surface area contributed by atoms with Crippen LogP contribution >= 0.6 is 39.5 Å². The van der Waals surface area contributed by atoms with Crippen LogP contribution in [0.2, 0.25) is 0 Å². The molecule has 2 aromatic heterocycles. The molecule has 2 unspecified atom stereocenters. The molecule has 146 valence electrons. The predicted octanol–water partition coefficient (Wildman–Crippen LogP) is 4.59. The van der Waals surface area contributed by atoms with E-state index in [9.17, 15) is 4.79 Å². The molecule has 3 heterocycles. The molecule has 6 nitrogen and oxygen atoms in total. The van der Waals surface area contributed by atoms with Crippen molar-refractivity contribution in [2.75, 3.05) is 19.7 Å². The average Bonchev–Trinajstić information content (AvgIpc) is 3.37. The van der Waals surface area contributed by atoms with Gasteiger partial charge in [-0.1, -0.05) is 34.1 Å². The van der Waals surface area contributed by atoms with Crippen LogP contribution in [-0.4, -0.2) is 45.3 Å². The minimum absolute atomic E-state index is 0.0146. The fourth-order valence-electron chi connectivity index (χ4n) is 3.35. The lowest BCUT2D eigenvalue weighted by atomic mass is 10.1. The predicted molar refractivity (Wildman–Crippen MR) is 115 cm³/mol. The normalized spacial score (nSPS) is 18.2. The highest BCUT2D eigenvalue weighted by atomic mass is 79.9. The molecule has 4 rings (SSSR count). The summed E-state index contributed by atoms with van der Waals surface area (Å²) in [5.41, 5.74) is 1.06. The molecule has 1 amide bonds. The van der Waals surface area contributed by atoms with Crippen molar-refractivity contribution >= 4 is 45.4 Å². The average molecular weight is 479 g/mol. The summed E-state index contributed by atoms with van der Waals surface area (Å²) in [6, 6.07) is 11.5. The molecule has 1 aromatic carbocycles. The molecule has 9 heteroatoms. The number of morpholine rings is 1. The van der Waals surface area contributed by atoms with E-state index in [2.05, 4.69) is 26.1 Å². The fraction of sp³-hybridized carbons (Fsp3) is 0.316. The summed E-state index contributed by atoms with van der Waals surface area (Å²) < 4.78 is 9.17. The van der Waals surface area contributed by atoms with Crippen LogP contribution < -0.4 is 0 Å². The van der Waals surface area contributed by atoms with Crippen LogP contribution in [-0.2, 0) is 9.53 Å². The topological polar surface area (TPSA) is 63.1 Å². The largest absolute Gasteiger partial charge is 0.370 e. The van der Waals surface area contributed by atoms with Crippen molar-refractivity contribution in [3.8, 4) is 10.7 Å². The van der Waals surface area contributed by atoms with Crippen molar-refractivity contribution < 1.29 is 9.53 Å². The van der Waals surface area contributed by atoms with Crippen molar-refractivity contribution in [3.05, 3.63) is 56.6 Å². The summed E-state index contributed by atoms with van der Waals surface area (Å²) >= 11 is 10.4. The number of H-pyrrole nitrogens is 1. The Hall–Kier alpha value is -1.81. The van der Waals surface area contributed by atoms with Crippen molar-refractivity contribution in [3.63, 3.8) is 0 Å². The number of halogens is 1. The summed E-state index contributed by atoms with van der Waals surface area (Å²) in [6.45, 7) is 3.46. The molecule has 0 aliphatic carbocycles. The van der Waals surface area contributed by atoms with E-state index < -0.39 is 6.04 Å². The van der Waals surface area contributed by atoms with Crippen LogP contribution in [0.3, 0.4) is 0 Å². The van der Waals surface area contributed by atoms with Crippen LogP contribution in [0, 0.1) is 4.77 Å². The molecule has 0 radical (unpaired) electrons. The van der Waals surface area contributed by atoms with Crippen molar-refractivity contribution in [1.29, 1.82) is 0 Å². The van der Waals surface area contributed by atoms with Gasteiger partial charge in [0.05, 0.1) is 18.0 Å². The first kappa shape index (κ1) is 19.5. The second-order valence-electron chi connectivity index (χ2n) is 6.57. The van der Waals surface area contributed by atoms with Crippen LogP contribution in [0.1, 0.15) is 24.6 Å². The molecular formula is C19H19BrN4O2S2. The lowest BCUT2D eigenvalue weighted by molar-refractivity contribution is -0.142. The maximum absolute atomic E-state index is 13.3. The third-order valence-electron chi connectivity index (χ3n) is 4.81. The van der Waals surface area contributed by atoms with Crippen molar-refractivity contribution in [2.24, 2.45) is 0 Å². The fourth-order valence-corrected chi connectivity index (χ4v) is 4.61. The van der Waals surface area contributed by atoms with E-state index >= 15 is 0 Å². The van der Waals surface area contributed by atoms with Crippen molar-refractivity contribution in [1.82, 2.24) is 19.7 Å². The van der Waals surface area contributed by atoms with E-state index in [0.29, 0.717) is 30.3 Å². The first-order chi connectivity index (χ1) is 13.5. The molecular weight excluding hydrogens is 460 g/mol. The maximum atomic E-state index is 13.3. The number of aromatic amines is 1. The Morgan fingerprint density at radius 3 is 2.89 bits per heavy atom. The Balaban J connectivity index is 1.55. The number of aromatic nitrogens is 3. The molecule has 3 aromatic rings. The Morgan fingerprint density at radius 2 is 2.18 bits per heavy atom. The molecule has 0 saturated carbocycles. The summed E-state index contributed by atoms with van der Waals surface area (Å²) in [4.78, 5) is 16.1. The Kier molecular flexibility index (Phi) is 5.77. The molecule has 1 fully saturated rings. The number of carbonyl (C=O) groups excluding carboxylic acids is 1. The van der Waals surface area contributed by atoms with E-state index in [1.807, 2.05) is 53.6 Å². The molecule has 1 N–H and O–H groups in total. The second-order valence-corrected chi connectivity index (χ2v) is 8.82. The number of hydrogen-bond donors (Lipinski definition) is 1. The smallest absolute Gasteiger partial charge is 0.245 e. The van der Waals surface area contributed by atoms with Gasteiger partial charge < -0.3 is 9.64 Å². The summed E-state index contributed by atoms with van der Waals surface area (Å²) in [7, 11) is 0. The third kappa shape index (κ3) is 3.84. The number of carbonyl (C=O) groups is 1. The van der Waals surface area contributed by atoms with E-state index in [1.165, 1.54) is 0 Å². The highest BCUT2D eigenvalue weighted by Gasteiger charge is 2.30. The zero-order chi connectivity index (χ0) is 19.7. The van der Waals surface area contributed by atoms with Gasteiger partial charge in [-0.25, -0.2) is 0 Å². The van der Waals surface area contributed by atoms with Gasteiger partial charge in [0.25, 0.3) is 0 Å². The lowest BCUT2D eigenvalue weighted by Crippen LogP contribution is -2.45. The highest BCUT2D eigenvalue weighted by Crippen LogP contribution is 2.28. The van der Waals surface area contributed by atoms with Gasteiger partial charge in [-0.15, -0.1) is 11.3 Å². The van der Waals surface area contributed by atoms with E-state index in [4.69, 9.17) is 17.0 Å². The first-order valence-electron chi connectivity index (χ1n) is 8.91. The first-order valence-corrected chi connectivity index (χ1v) is 11.0. The summed E-state index contributed by atoms with van der Waals surface area (Å²) in [5, 5.41) is 9.14. The molecule has 1 saturated heterocycles. The number of hydrogen-bond acceptors (Lipinski definition) is 5. The Bertz CT molecular complexity index is 1010. The molecule has 0 spiro atoms. The molecule has 0 bridgehead atoms. The number of amides is 1. The van der Waals surface area contributed by atoms with Gasteiger partial charge in [0.2, 0.25) is 5.91 Å².